The Morgan fingerprint density at radius 1 is 0.958 bits per heavy atom. The molecule has 2 aromatic rings. The molecule has 0 heterocycles. The Balaban J connectivity index is 2.27. The van der Waals surface area contributed by atoms with Crippen molar-refractivity contribution in [2.24, 2.45) is 4.99 Å². The van der Waals surface area contributed by atoms with Crippen LogP contribution in [-0.4, -0.2) is 24.5 Å². The molecule has 0 bridgehead atoms. The summed E-state index contributed by atoms with van der Waals surface area (Å²) in [7, 11) is 0. The van der Waals surface area contributed by atoms with Crippen LogP contribution in [0.1, 0.15) is 56.2 Å². The minimum Gasteiger partial charge on any atom is -0.491 e. The minimum atomic E-state index is 0.0210. The Morgan fingerprint density at radius 2 is 1.54 bits per heavy atom. The van der Waals surface area contributed by atoms with Crippen molar-refractivity contribution >= 4 is 11.9 Å². The number of ether oxygens (including phenoxy) is 1. The van der Waals surface area contributed by atoms with Gasteiger partial charge < -0.3 is 9.84 Å². The summed E-state index contributed by atoms with van der Waals surface area (Å²) in [6.45, 7) is 9.13. The molecule has 128 valence electrons. The van der Waals surface area contributed by atoms with Gasteiger partial charge in [-0.3, -0.25) is 4.99 Å². The average molecular weight is 325 g/mol. The van der Waals surface area contributed by atoms with E-state index >= 15 is 0 Å². The first-order valence-corrected chi connectivity index (χ1v) is 8.53. The van der Waals surface area contributed by atoms with Crippen molar-refractivity contribution in [2.45, 2.75) is 39.5 Å². The highest BCUT2D eigenvalue weighted by atomic mass is 16.5. The molecule has 0 aliphatic heterocycles. The van der Waals surface area contributed by atoms with Gasteiger partial charge in [-0.1, -0.05) is 45.9 Å². The summed E-state index contributed by atoms with van der Waals surface area (Å²) in [5.74, 6) is 1.63. The lowest BCUT2D eigenvalue weighted by atomic mass is 9.93. The van der Waals surface area contributed by atoms with Gasteiger partial charge in [0.1, 0.15) is 12.4 Å². The maximum Gasteiger partial charge on any atom is 0.119 e. The first-order valence-electron chi connectivity index (χ1n) is 8.53. The molecule has 2 aromatic carbocycles. The van der Waals surface area contributed by atoms with Gasteiger partial charge in [0.05, 0.1) is 12.3 Å². The van der Waals surface area contributed by atoms with Crippen LogP contribution in [0, 0.1) is 0 Å². The summed E-state index contributed by atoms with van der Waals surface area (Å²) in [6, 6.07) is 14.2. The third-order valence-electron chi connectivity index (χ3n) is 3.93. The van der Waals surface area contributed by atoms with E-state index in [1.54, 1.807) is 0 Å². The number of aliphatic hydroxyl groups is 1. The average Bonchev–Trinajstić information content (AvgIpc) is 2.58. The van der Waals surface area contributed by atoms with Crippen LogP contribution < -0.4 is 4.74 Å². The fraction of sp³-hybridized carbons (Fsp3) is 0.381. The van der Waals surface area contributed by atoms with Crippen LogP contribution in [0.5, 0.6) is 5.75 Å². The maximum absolute atomic E-state index is 8.79. The summed E-state index contributed by atoms with van der Waals surface area (Å²) in [6.07, 6.45) is 1.91. The number of hydrogen-bond acceptors (Lipinski definition) is 3. The molecule has 0 spiro atoms. The molecule has 2 rings (SSSR count). The lowest BCUT2D eigenvalue weighted by molar-refractivity contribution is 0.201. The second-order valence-corrected chi connectivity index (χ2v) is 6.49. The fourth-order valence-corrected chi connectivity index (χ4v) is 2.61. The lowest BCUT2D eigenvalue weighted by Gasteiger charge is -2.16. The zero-order valence-corrected chi connectivity index (χ0v) is 15.0. The van der Waals surface area contributed by atoms with Gasteiger partial charge in [-0.2, -0.15) is 0 Å². The largest absolute Gasteiger partial charge is 0.491 e. The van der Waals surface area contributed by atoms with Crippen LogP contribution >= 0.6 is 0 Å². The summed E-state index contributed by atoms with van der Waals surface area (Å²) in [5.41, 5.74) is 4.67. The summed E-state index contributed by atoms with van der Waals surface area (Å²) >= 11 is 0. The van der Waals surface area contributed by atoms with Crippen molar-refractivity contribution in [1.82, 2.24) is 0 Å². The molecular weight excluding hydrogens is 298 g/mol. The summed E-state index contributed by atoms with van der Waals surface area (Å²) in [4.78, 5) is 4.80. The van der Waals surface area contributed by atoms with E-state index < -0.39 is 0 Å². The molecule has 0 amide bonds. The van der Waals surface area contributed by atoms with Crippen molar-refractivity contribution in [3.05, 3.63) is 59.2 Å². The van der Waals surface area contributed by atoms with Gasteiger partial charge in [0.15, 0.2) is 0 Å². The summed E-state index contributed by atoms with van der Waals surface area (Å²) < 4.78 is 5.38. The predicted molar refractivity (Wildman–Crippen MR) is 101 cm³/mol. The van der Waals surface area contributed by atoms with Gasteiger partial charge in [-0.25, -0.2) is 0 Å². The molecule has 0 atom stereocenters. The van der Waals surface area contributed by atoms with Gasteiger partial charge >= 0.3 is 0 Å². The van der Waals surface area contributed by atoms with E-state index in [1.165, 1.54) is 11.1 Å². The Labute approximate surface area is 145 Å². The molecule has 1 N–H and O–H groups in total. The number of hydrogen-bond donors (Lipinski definition) is 1. The zero-order valence-electron chi connectivity index (χ0n) is 15.0. The normalized spacial score (nSPS) is 11.6. The van der Waals surface area contributed by atoms with Crippen LogP contribution in [0.2, 0.25) is 0 Å². The molecule has 0 aromatic heterocycles. The van der Waals surface area contributed by atoms with Gasteiger partial charge in [-0.15, -0.1) is 0 Å². The van der Waals surface area contributed by atoms with E-state index in [0.717, 1.165) is 17.0 Å². The van der Waals surface area contributed by atoms with Crippen LogP contribution in [0.25, 0.3) is 0 Å². The Morgan fingerprint density at radius 3 is 2.04 bits per heavy atom. The van der Waals surface area contributed by atoms with Crippen molar-refractivity contribution in [2.75, 3.05) is 13.2 Å². The van der Waals surface area contributed by atoms with Crippen molar-refractivity contribution in [3.63, 3.8) is 0 Å². The molecule has 0 aliphatic carbocycles. The Bertz CT molecular complexity index is 646. The number of para-hydroxylation sites is 1. The van der Waals surface area contributed by atoms with Crippen LogP contribution in [0.3, 0.4) is 0 Å². The zero-order chi connectivity index (χ0) is 17.5. The number of rotatable bonds is 7. The SMILES string of the molecule is CC(C)c1cccc(C(C)C)c1N=Cc1ccc(OCCO)cc1. The first-order chi connectivity index (χ1) is 11.5. The molecule has 0 fully saturated rings. The standard InChI is InChI=1S/C21H27NO2/c1-15(2)19-6-5-7-20(16(3)4)21(19)22-14-17-8-10-18(11-9-17)24-13-12-23/h5-11,14-16,23H,12-13H2,1-4H3. The van der Waals surface area contributed by atoms with E-state index in [0.29, 0.717) is 18.4 Å². The summed E-state index contributed by atoms with van der Waals surface area (Å²) in [5, 5.41) is 8.79. The van der Waals surface area contributed by atoms with E-state index in [2.05, 4.69) is 45.9 Å². The Hall–Kier alpha value is -2.13. The van der Waals surface area contributed by atoms with Crippen molar-refractivity contribution in [3.8, 4) is 5.75 Å². The quantitative estimate of drug-likeness (QED) is 0.723. The molecule has 3 nitrogen and oxygen atoms in total. The molecule has 3 heteroatoms. The fourth-order valence-electron chi connectivity index (χ4n) is 2.61. The van der Waals surface area contributed by atoms with Crippen molar-refractivity contribution < 1.29 is 9.84 Å². The highest BCUT2D eigenvalue weighted by molar-refractivity contribution is 5.83. The third-order valence-corrected chi connectivity index (χ3v) is 3.93. The smallest absolute Gasteiger partial charge is 0.119 e. The van der Waals surface area contributed by atoms with Crippen LogP contribution in [-0.2, 0) is 0 Å². The molecule has 24 heavy (non-hydrogen) atoms. The highest BCUT2D eigenvalue weighted by Gasteiger charge is 2.12. The number of benzene rings is 2. The predicted octanol–water partition coefficient (Wildman–Crippen LogP) is 5.06. The van der Waals surface area contributed by atoms with Gasteiger partial charge in [0.2, 0.25) is 0 Å². The van der Waals surface area contributed by atoms with E-state index in [1.807, 2.05) is 30.5 Å². The van der Waals surface area contributed by atoms with E-state index in [4.69, 9.17) is 14.8 Å². The maximum atomic E-state index is 8.79. The number of aliphatic imine (C=N–C) groups is 1. The van der Waals surface area contributed by atoms with Crippen LogP contribution in [0.4, 0.5) is 5.69 Å². The first kappa shape index (κ1) is 18.2. The molecule has 0 saturated heterocycles. The second-order valence-electron chi connectivity index (χ2n) is 6.49. The topological polar surface area (TPSA) is 41.8 Å². The third kappa shape index (κ3) is 4.68. The number of nitrogens with zero attached hydrogens (tertiary/aromatic N) is 1. The van der Waals surface area contributed by atoms with Gasteiger partial charge in [0, 0.05) is 6.21 Å². The monoisotopic (exact) mass is 325 g/mol. The molecule has 0 radical (unpaired) electrons. The number of aliphatic hydroxyl groups excluding tert-OH is 1. The van der Waals surface area contributed by atoms with Crippen molar-refractivity contribution in [1.29, 1.82) is 0 Å². The Kier molecular flexibility index (Phi) is 6.56. The molecule has 0 aliphatic rings. The van der Waals surface area contributed by atoms with E-state index in [-0.39, 0.29) is 6.61 Å². The van der Waals surface area contributed by atoms with Crippen LogP contribution in [0.15, 0.2) is 47.5 Å². The highest BCUT2D eigenvalue weighted by Crippen LogP contribution is 2.34. The van der Waals surface area contributed by atoms with E-state index in [9.17, 15) is 0 Å². The van der Waals surface area contributed by atoms with Gasteiger partial charge in [-0.05, 0) is 52.8 Å². The molecule has 0 unspecified atom stereocenters. The second kappa shape index (κ2) is 8.65. The van der Waals surface area contributed by atoms with Gasteiger partial charge in [0.25, 0.3) is 0 Å². The lowest BCUT2D eigenvalue weighted by Crippen LogP contribution is -2.01. The molecular formula is C21H27NO2. The minimum absolute atomic E-state index is 0.0210. The molecule has 0 saturated carbocycles.